The van der Waals surface area contributed by atoms with Gasteiger partial charge in [0.25, 0.3) is 5.91 Å². The fourth-order valence-electron chi connectivity index (χ4n) is 4.02. The van der Waals surface area contributed by atoms with Crippen molar-refractivity contribution < 1.29 is 22.2 Å². The predicted molar refractivity (Wildman–Crippen MR) is 131 cm³/mol. The lowest BCUT2D eigenvalue weighted by atomic mass is 10.0. The summed E-state index contributed by atoms with van der Waals surface area (Å²) in [5.74, 6) is -0.210. The Morgan fingerprint density at radius 1 is 0.971 bits per heavy atom. The highest BCUT2D eigenvalue weighted by Crippen LogP contribution is 2.30. The van der Waals surface area contributed by atoms with Gasteiger partial charge in [-0.2, -0.15) is 8.42 Å². The molecule has 3 aromatic carbocycles. The van der Waals surface area contributed by atoms with Crippen LogP contribution in [0.2, 0.25) is 0 Å². The molecule has 8 heteroatoms. The van der Waals surface area contributed by atoms with Gasteiger partial charge in [0, 0.05) is 30.4 Å². The lowest BCUT2D eigenvalue weighted by Gasteiger charge is -2.29. The van der Waals surface area contributed by atoms with Gasteiger partial charge in [-0.15, -0.1) is 0 Å². The van der Waals surface area contributed by atoms with Crippen LogP contribution < -0.4 is 14.4 Å². The minimum Gasteiger partial charge on any atom is -0.379 e. The lowest BCUT2D eigenvalue weighted by molar-refractivity contribution is -0.116. The van der Waals surface area contributed by atoms with Gasteiger partial charge in [-0.05, 0) is 91.9 Å². The molecule has 1 aliphatic heterocycles. The Labute approximate surface area is 199 Å². The Balaban J connectivity index is 1.47. The van der Waals surface area contributed by atoms with Crippen LogP contribution in [0.4, 0.5) is 11.4 Å². The number of hydrogen-bond acceptors (Lipinski definition) is 5. The maximum absolute atomic E-state index is 12.7. The molecule has 0 spiro atoms. The Bertz CT molecular complexity index is 1360. The molecule has 1 heterocycles. The van der Waals surface area contributed by atoms with Crippen molar-refractivity contribution >= 4 is 33.3 Å². The summed E-state index contributed by atoms with van der Waals surface area (Å²) in [5.41, 5.74) is 4.29. The molecule has 0 aromatic heterocycles. The highest BCUT2D eigenvalue weighted by Gasteiger charge is 2.21. The smallest absolute Gasteiger partial charge is 0.339 e. The number of hydrogen-bond donors (Lipinski definition) is 1. The first-order valence-electron chi connectivity index (χ1n) is 11.0. The van der Waals surface area contributed by atoms with Crippen molar-refractivity contribution in [1.29, 1.82) is 0 Å². The van der Waals surface area contributed by atoms with Crippen LogP contribution >= 0.6 is 0 Å². The molecule has 176 valence electrons. The average Bonchev–Trinajstić information content (AvgIpc) is 2.80. The second-order valence-corrected chi connectivity index (χ2v) is 9.92. The van der Waals surface area contributed by atoms with Gasteiger partial charge in [-0.3, -0.25) is 9.59 Å². The molecule has 34 heavy (non-hydrogen) atoms. The summed E-state index contributed by atoms with van der Waals surface area (Å²) in [6.07, 6.45) is 1.71. The maximum atomic E-state index is 12.7. The number of nitrogens with zero attached hydrogens (tertiary/aromatic N) is 1. The van der Waals surface area contributed by atoms with Gasteiger partial charge < -0.3 is 14.4 Å². The van der Waals surface area contributed by atoms with Crippen molar-refractivity contribution in [3.8, 4) is 5.75 Å². The minimum absolute atomic E-state index is 0.000354. The largest absolute Gasteiger partial charge is 0.379 e. The van der Waals surface area contributed by atoms with E-state index in [9.17, 15) is 18.0 Å². The van der Waals surface area contributed by atoms with E-state index in [1.54, 1.807) is 36.9 Å². The predicted octanol–water partition coefficient (Wildman–Crippen LogP) is 4.62. The van der Waals surface area contributed by atoms with Crippen molar-refractivity contribution in [2.45, 2.75) is 38.5 Å². The summed E-state index contributed by atoms with van der Waals surface area (Å²) >= 11 is 0. The van der Waals surface area contributed by atoms with Crippen LogP contribution in [-0.4, -0.2) is 26.8 Å². The van der Waals surface area contributed by atoms with Gasteiger partial charge in [-0.25, -0.2) is 0 Å². The van der Waals surface area contributed by atoms with Crippen molar-refractivity contribution in [3.63, 3.8) is 0 Å². The number of benzene rings is 3. The van der Waals surface area contributed by atoms with Crippen molar-refractivity contribution in [3.05, 3.63) is 82.9 Å². The second kappa shape index (κ2) is 9.30. The standard InChI is InChI=1S/C26H26N2O5S/c1-17-6-7-18(2)25(15-17)34(31,32)33-23-11-8-20(9-12-23)26(30)27-22-10-13-24-21(16-22)5-4-14-28(24)19(3)29/h6-13,15-16H,4-5,14H2,1-3H3,(H,27,30). The van der Waals surface area contributed by atoms with Gasteiger partial charge >= 0.3 is 10.1 Å². The first-order valence-corrected chi connectivity index (χ1v) is 12.4. The van der Waals surface area contributed by atoms with Gasteiger partial charge in [0.2, 0.25) is 5.91 Å². The van der Waals surface area contributed by atoms with E-state index in [2.05, 4.69) is 5.32 Å². The molecular weight excluding hydrogens is 452 g/mol. The summed E-state index contributed by atoms with van der Waals surface area (Å²) in [4.78, 5) is 26.4. The molecule has 0 atom stereocenters. The minimum atomic E-state index is -4.00. The normalized spacial score (nSPS) is 13.2. The molecule has 0 radical (unpaired) electrons. The Morgan fingerprint density at radius 3 is 2.41 bits per heavy atom. The van der Waals surface area contributed by atoms with E-state index in [1.807, 2.05) is 25.1 Å². The number of rotatable bonds is 5. The molecule has 7 nitrogen and oxygen atoms in total. The summed E-state index contributed by atoms with van der Waals surface area (Å²) < 4.78 is 30.7. The number of amides is 2. The third-order valence-corrected chi connectivity index (χ3v) is 7.16. The van der Waals surface area contributed by atoms with Crippen LogP contribution in [0.5, 0.6) is 5.75 Å². The summed E-state index contributed by atoms with van der Waals surface area (Å²) in [6, 6.07) is 16.6. The molecule has 0 saturated heterocycles. The van der Waals surface area contributed by atoms with Crippen molar-refractivity contribution in [2.24, 2.45) is 0 Å². The maximum Gasteiger partial charge on any atom is 0.339 e. The van der Waals surface area contributed by atoms with Crippen LogP contribution in [0, 0.1) is 13.8 Å². The van der Waals surface area contributed by atoms with Gasteiger partial charge in [-0.1, -0.05) is 12.1 Å². The molecule has 1 N–H and O–H groups in total. The SMILES string of the molecule is CC(=O)N1CCCc2cc(NC(=O)c3ccc(OS(=O)(=O)c4cc(C)ccc4C)cc3)ccc21. The van der Waals surface area contributed by atoms with Crippen LogP contribution in [0.15, 0.2) is 65.6 Å². The van der Waals surface area contributed by atoms with E-state index in [-0.39, 0.29) is 22.5 Å². The van der Waals surface area contributed by atoms with Crippen LogP contribution in [0.3, 0.4) is 0 Å². The molecular formula is C26H26N2O5S. The van der Waals surface area contributed by atoms with Gasteiger partial charge in [0.1, 0.15) is 10.6 Å². The van der Waals surface area contributed by atoms with Crippen LogP contribution in [0.1, 0.15) is 40.4 Å². The Morgan fingerprint density at radius 2 is 1.71 bits per heavy atom. The van der Waals surface area contributed by atoms with E-state index in [0.29, 0.717) is 23.4 Å². The zero-order valence-corrected chi connectivity index (χ0v) is 20.1. The first-order chi connectivity index (χ1) is 16.1. The molecule has 2 amide bonds. The molecule has 0 bridgehead atoms. The summed E-state index contributed by atoms with van der Waals surface area (Å²) in [5, 5.41) is 2.86. The highest BCUT2D eigenvalue weighted by molar-refractivity contribution is 7.87. The fourth-order valence-corrected chi connectivity index (χ4v) is 5.26. The lowest BCUT2D eigenvalue weighted by Crippen LogP contribution is -2.33. The van der Waals surface area contributed by atoms with E-state index in [4.69, 9.17) is 4.18 Å². The molecule has 0 aliphatic carbocycles. The number of carbonyl (C=O) groups is 2. The molecule has 4 rings (SSSR count). The van der Waals surface area contributed by atoms with E-state index in [0.717, 1.165) is 29.7 Å². The summed E-state index contributed by atoms with van der Waals surface area (Å²) in [6.45, 7) is 5.77. The molecule has 1 aliphatic rings. The monoisotopic (exact) mass is 478 g/mol. The third-order valence-electron chi connectivity index (χ3n) is 5.77. The highest BCUT2D eigenvalue weighted by atomic mass is 32.2. The average molecular weight is 479 g/mol. The summed E-state index contributed by atoms with van der Waals surface area (Å²) in [7, 11) is -4.00. The van der Waals surface area contributed by atoms with E-state index < -0.39 is 10.1 Å². The Kier molecular flexibility index (Phi) is 6.43. The topological polar surface area (TPSA) is 92.8 Å². The zero-order chi connectivity index (χ0) is 24.5. The van der Waals surface area contributed by atoms with E-state index in [1.165, 1.54) is 24.3 Å². The van der Waals surface area contributed by atoms with Crippen molar-refractivity contribution in [2.75, 3.05) is 16.8 Å². The second-order valence-electron chi connectivity index (χ2n) is 8.40. The number of anilines is 2. The Hall–Kier alpha value is -3.65. The third kappa shape index (κ3) is 4.97. The van der Waals surface area contributed by atoms with Crippen LogP contribution in [0.25, 0.3) is 0 Å². The molecule has 0 saturated carbocycles. The number of fused-ring (bicyclic) bond motifs is 1. The van der Waals surface area contributed by atoms with Crippen molar-refractivity contribution in [1.82, 2.24) is 0 Å². The number of carbonyl (C=O) groups excluding carboxylic acids is 2. The van der Waals surface area contributed by atoms with Gasteiger partial charge in [0.15, 0.2) is 0 Å². The molecule has 3 aromatic rings. The molecule has 0 unspecified atom stereocenters. The van der Waals surface area contributed by atoms with Gasteiger partial charge in [0.05, 0.1) is 0 Å². The number of aryl methyl sites for hydroxylation is 3. The fraction of sp³-hybridized carbons (Fsp3) is 0.231. The number of nitrogens with one attached hydrogen (secondary N) is 1. The first kappa shape index (κ1) is 23.5. The zero-order valence-electron chi connectivity index (χ0n) is 19.3. The van der Waals surface area contributed by atoms with E-state index >= 15 is 0 Å². The molecule has 0 fully saturated rings. The quantitative estimate of drug-likeness (QED) is 0.540. The van der Waals surface area contributed by atoms with Crippen LogP contribution in [-0.2, 0) is 21.3 Å².